The van der Waals surface area contributed by atoms with Gasteiger partial charge in [-0.1, -0.05) is 26.7 Å². The number of piperidine rings is 1. The number of aliphatic hydroxyl groups is 1. The molecule has 0 aromatic rings. The Morgan fingerprint density at radius 1 is 1.21 bits per heavy atom. The van der Waals surface area contributed by atoms with Gasteiger partial charge in [0.1, 0.15) is 0 Å². The molecule has 0 amide bonds. The van der Waals surface area contributed by atoms with Gasteiger partial charge in [0, 0.05) is 19.6 Å². The minimum atomic E-state index is -0.656. The van der Waals surface area contributed by atoms with E-state index in [4.69, 9.17) is 0 Å². The molecule has 1 fully saturated rings. The fourth-order valence-electron chi connectivity index (χ4n) is 3.46. The van der Waals surface area contributed by atoms with Gasteiger partial charge in [-0.15, -0.1) is 24.0 Å². The van der Waals surface area contributed by atoms with Crippen molar-refractivity contribution < 1.29 is 5.11 Å². The number of likely N-dealkylation sites (tertiary alicyclic amines) is 1. The van der Waals surface area contributed by atoms with Crippen molar-refractivity contribution in [3.05, 3.63) is 0 Å². The van der Waals surface area contributed by atoms with Crippen molar-refractivity contribution in [1.29, 1.82) is 0 Å². The highest BCUT2D eigenvalue weighted by molar-refractivity contribution is 14.0. The van der Waals surface area contributed by atoms with Crippen LogP contribution in [0.4, 0.5) is 0 Å². The maximum Gasteiger partial charge on any atom is 0.191 e. The molecule has 0 aliphatic carbocycles. The second-order valence-corrected chi connectivity index (χ2v) is 7.07. The standard InChI is InChI=1S/C18H38N4O.HI/c1-5-10-18(23,11-6-2)15-21-17(19-7-3)20-13-16-9-8-12-22(4)14-16;/h16,23H,5-15H2,1-4H3,(H2,19,20,21);1H. The zero-order valence-corrected chi connectivity index (χ0v) is 18.4. The predicted octanol–water partition coefficient (Wildman–Crippen LogP) is 2.83. The molecule has 1 atom stereocenters. The van der Waals surface area contributed by atoms with Crippen molar-refractivity contribution in [2.24, 2.45) is 10.9 Å². The molecule has 144 valence electrons. The Balaban J connectivity index is 0.00000529. The normalized spacial score (nSPS) is 19.7. The number of nitrogens with one attached hydrogen (secondary N) is 2. The van der Waals surface area contributed by atoms with Crippen LogP contribution >= 0.6 is 24.0 Å². The van der Waals surface area contributed by atoms with Gasteiger partial charge in [0.15, 0.2) is 5.96 Å². The van der Waals surface area contributed by atoms with Crippen LogP contribution in [0.15, 0.2) is 4.99 Å². The number of nitrogens with zero attached hydrogens (tertiary/aromatic N) is 2. The fourth-order valence-corrected chi connectivity index (χ4v) is 3.46. The lowest BCUT2D eigenvalue weighted by Crippen LogP contribution is -2.44. The van der Waals surface area contributed by atoms with E-state index >= 15 is 0 Å². The third-order valence-corrected chi connectivity index (χ3v) is 4.59. The van der Waals surface area contributed by atoms with Crippen LogP contribution in [0.3, 0.4) is 0 Å². The highest BCUT2D eigenvalue weighted by atomic mass is 127. The van der Waals surface area contributed by atoms with E-state index in [1.807, 2.05) is 0 Å². The summed E-state index contributed by atoms with van der Waals surface area (Å²) in [6.07, 6.45) is 6.18. The molecule has 1 aliphatic rings. The van der Waals surface area contributed by atoms with Crippen LogP contribution in [0.25, 0.3) is 0 Å². The minimum Gasteiger partial charge on any atom is -0.388 e. The van der Waals surface area contributed by atoms with Gasteiger partial charge in [-0.05, 0) is 52.1 Å². The summed E-state index contributed by atoms with van der Waals surface area (Å²) in [4.78, 5) is 7.06. The van der Waals surface area contributed by atoms with Crippen LogP contribution in [0.1, 0.15) is 59.3 Å². The van der Waals surface area contributed by atoms with Gasteiger partial charge in [0.25, 0.3) is 0 Å². The SMILES string of the molecule is CCCC(O)(CCC)CN=C(NCC)NCC1CCCN(C)C1.I. The number of halogens is 1. The Labute approximate surface area is 166 Å². The van der Waals surface area contributed by atoms with E-state index in [1.54, 1.807) is 0 Å². The molecule has 1 aliphatic heterocycles. The highest BCUT2D eigenvalue weighted by Crippen LogP contribution is 2.20. The molecule has 0 spiro atoms. The van der Waals surface area contributed by atoms with E-state index in [0.29, 0.717) is 12.5 Å². The second kappa shape index (κ2) is 13.2. The summed E-state index contributed by atoms with van der Waals surface area (Å²) in [7, 11) is 2.20. The van der Waals surface area contributed by atoms with Gasteiger partial charge < -0.3 is 20.6 Å². The molecular weight excluding hydrogens is 415 g/mol. The molecule has 1 saturated heterocycles. The topological polar surface area (TPSA) is 59.9 Å². The lowest BCUT2D eigenvalue weighted by molar-refractivity contribution is 0.0306. The number of aliphatic imine (C=N–C) groups is 1. The molecule has 0 bridgehead atoms. The van der Waals surface area contributed by atoms with E-state index in [1.165, 1.54) is 19.4 Å². The lowest BCUT2D eigenvalue weighted by atomic mass is 9.93. The summed E-state index contributed by atoms with van der Waals surface area (Å²) in [5.41, 5.74) is -0.656. The van der Waals surface area contributed by atoms with Crippen molar-refractivity contribution in [1.82, 2.24) is 15.5 Å². The van der Waals surface area contributed by atoms with Crippen molar-refractivity contribution in [2.75, 3.05) is 39.8 Å². The molecule has 0 radical (unpaired) electrons. The molecule has 24 heavy (non-hydrogen) atoms. The first kappa shape index (κ1) is 23.9. The van der Waals surface area contributed by atoms with Gasteiger partial charge in [-0.2, -0.15) is 0 Å². The zero-order valence-electron chi connectivity index (χ0n) is 16.1. The molecule has 0 aromatic carbocycles. The molecular formula is C18H39IN4O. The maximum atomic E-state index is 10.7. The summed E-state index contributed by atoms with van der Waals surface area (Å²) >= 11 is 0. The number of hydrogen-bond donors (Lipinski definition) is 3. The molecule has 0 aromatic heterocycles. The smallest absolute Gasteiger partial charge is 0.191 e. The van der Waals surface area contributed by atoms with Gasteiger partial charge in [0.05, 0.1) is 12.1 Å². The van der Waals surface area contributed by atoms with Crippen molar-refractivity contribution in [3.8, 4) is 0 Å². The summed E-state index contributed by atoms with van der Waals surface area (Å²) in [6.45, 7) is 11.0. The van der Waals surface area contributed by atoms with Crippen molar-refractivity contribution >= 4 is 29.9 Å². The molecule has 0 saturated carbocycles. The Bertz CT molecular complexity index is 346. The Morgan fingerprint density at radius 2 is 1.88 bits per heavy atom. The number of guanidine groups is 1. The minimum absolute atomic E-state index is 0. The van der Waals surface area contributed by atoms with Crippen molar-refractivity contribution in [2.45, 2.75) is 64.9 Å². The van der Waals surface area contributed by atoms with Crippen LogP contribution in [0.2, 0.25) is 0 Å². The fraction of sp³-hybridized carbons (Fsp3) is 0.944. The maximum absolute atomic E-state index is 10.7. The van der Waals surface area contributed by atoms with Crippen LogP contribution in [-0.4, -0.2) is 61.3 Å². The second-order valence-electron chi connectivity index (χ2n) is 7.07. The monoisotopic (exact) mass is 454 g/mol. The summed E-state index contributed by atoms with van der Waals surface area (Å²) in [6, 6.07) is 0. The Hall–Kier alpha value is -0.0800. The molecule has 3 N–H and O–H groups in total. The Morgan fingerprint density at radius 3 is 2.42 bits per heavy atom. The van der Waals surface area contributed by atoms with Gasteiger partial charge >= 0.3 is 0 Å². The van der Waals surface area contributed by atoms with Crippen LogP contribution in [-0.2, 0) is 0 Å². The van der Waals surface area contributed by atoms with Crippen LogP contribution < -0.4 is 10.6 Å². The zero-order chi connectivity index (χ0) is 17.1. The largest absolute Gasteiger partial charge is 0.388 e. The molecule has 1 rings (SSSR count). The van der Waals surface area contributed by atoms with E-state index in [9.17, 15) is 5.11 Å². The van der Waals surface area contributed by atoms with Gasteiger partial charge in [-0.25, -0.2) is 0 Å². The third kappa shape index (κ3) is 9.42. The van der Waals surface area contributed by atoms with Crippen LogP contribution in [0.5, 0.6) is 0 Å². The first-order valence-corrected chi connectivity index (χ1v) is 9.46. The molecule has 1 unspecified atom stereocenters. The average Bonchev–Trinajstić information content (AvgIpc) is 2.51. The first-order chi connectivity index (χ1) is 11.0. The quantitative estimate of drug-likeness (QED) is 0.285. The summed E-state index contributed by atoms with van der Waals surface area (Å²) in [5, 5.41) is 17.5. The molecule has 5 nitrogen and oxygen atoms in total. The summed E-state index contributed by atoms with van der Waals surface area (Å²) in [5.74, 6) is 1.52. The van der Waals surface area contributed by atoms with Gasteiger partial charge in [0.2, 0.25) is 0 Å². The third-order valence-electron chi connectivity index (χ3n) is 4.59. The predicted molar refractivity (Wildman–Crippen MR) is 114 cm³/mol. The molecule has 1 heterocycles. The van der Waals surface area contributed by atoms with Crippen molar-refractivity contribution in [3.63, 3.8) is 0 Å². The van der Waals surface area contributed by atoms with E-state index in [2.05, 4.69) is 48.3 Å². The first-order valence-electron chi connectivity index (χ1n) is 9.46. The van der Waals surface area contributed by atoms with E-state index < -0.39 is 5.60 Å². The average molecular weight is 454 g/mol. The van der Waals surface area contributed by atoms with Gasteiger partial charge in [-0.3, -0.25) is 4.99 Å². The summed E-state index contributed by atoms with van der Waals surface area (Å²) < 4.78 is 0. The van der Waals surface area contributed by atoms with E-state index in [-0.39, 0.29) is 24.0 Å². The number of rotatable bonds is 9. The van der Waals surface area contributed by atoms with Crippen LogP contribution in [0, 0.1) is 5.92 Å². The lowest BCUT2D eigenvalue weighted by Gasteiger charge is -2.30. The Kier molecular flexibility index (Phi) is 13.1. The molecule has 6 heteroatoms. The van der Waals surface area contributed by atoms with E-state index in [0.717, 1.165) is 51.3 Å². The highest BCUT2D eigenvalue weighted by Gasteiger charge is 2.24. The number of hydrogen-bond acceptors (Lipinski definition) is 3.